The molecule has 0 aromatic carbocycles. The number of nitrogens with two attached hydrogens (primary N) is 1. The van der Waals surface area contributed by atoms with E-state index >= 15 is 0 Å². The van der Waals surface area contributed by atoms with Crippen molar-refractivity contribution in [1.82, 2.24) is 0 Å². The van der Waals surface area contributed by atoms with Crippen LogP contribution in [0.15, 0.2) is 0 Å². The summed E-state index contributed by atoms with van der Waals surface area (Å²) in [5, 5.41) is -0.778. The Morgan fingerprint density at radius 2 is 1.04 bits per heavy atom. The zero-order valence-corrected chi connectivity index (χ0v) is 16.7. The standard InChI is InChI=1S/C19H41NO3S/c1-2-3-4-5-6-7-8-9-10-11-12-13-14-15-16-17-19(18-20)24(21,22)23/h19H,2-18,20H2,1H3,(H,21,22,23). The molecule has 0 aliphatic carbocycles. The van der Waals surface area contributed by atoms with Crippen LogP contribution in [0.25, 0.3) is 0 Å². The minimum absolute atomic E-state index is 0.0113. The lowest BCUT2D eigenvalue weighted by Gasteiger charge is -2.10. The van der Waals surface area contributed by atoms with Crippen molar-refractivity contribution in [2.45, 2.75) is 115 Å². The summed E-state index contributed by atoms with van der Waals surface area (Å²) in [6, 6.07) is 0. The van der Waals surface area contributed by atoms with Gasteiger partial charge < -0.3 is 5.73 Å². The SMILES string of the molecule is CCCCCCCCCCCCCCCCCC(CN)S(=O)(=O)O. The van der Waals surface area contributed by atoms with Crippen molar-refractivity contribution in [3.05, 3.63) is 0 Å². The van der Waals surface area contributed by atoms with Crippen molar-refractivity contribution in [3.63, 3.8) is 0 Å². The molecule has 1 atom stereocenters. The summed E-state index contributed by atoms with van der Waals surface area (Å²) in [5.74, 6) is 0. The van der Waals surface area contributed by atoms with E-state index in [2.05, 4.69) is 6.92 Å². The third-order valence-electron chi connectivity index (χ3n) is 4.81. The summed E-state index contributed by atoms with van der Waals surface area (Å²) in [7, 11) is -3.96. The minimum atomic E-state index is -3.96. The van der Waals surface area contributed by atoms with Crippen LogP contribution in [0.5, 0.6) is 0 Å². The van der Waals surface area contributed by atoms with E-state index in [9.17, 15) is 8.42 Å². The molecule has 0 amide bonds. The fraction of sp³-hybridized carbons (Fsp3) is 1.00. The van der Waals surface area contributed by atoms with Crippen LogP contribution in [0, 0.1) is 0 Å². The van der Waals surface area contributed by atoms with Gasteiger partial charge in [0.2, 0.25) is 0 Å². The second-order valence-corrected chi connectivity index (χ2v) is 8.81. The van der Waals surface area contributed by atoms with Crippen molar-refractivity contribution >= 4 is 10.1 Å². The van der Waals surface area contributed by atoms with Gasteiger partial charge in [0.15, 0.2) is 0 Å². The smallest absolute Gasteiger partial charge is 0.269 e. The highest BCUT2D eigenvalue weighted by Crippen LogP contribution is 2.15. The van der Waals surface area contributed by atoms with Crippen LogP contribution >= 0.6 is 0 Å². The second-order valence-electron chi connectivity index (χ2n) is 7.11. The molecular weight excluding hydrogens is 322 g/mol. The van der Waals surface area contributed by atoms with Gasteiger partial charge >= 0.3 is 0 Å². The van der Waals surface area contributed by atoms with Gasteiger partial charge in [-0.15, -0.1) is 0 Å². The molecule has 1 unspecified atom stereocenters. The van der Waals surface area contributed by atoms with Gasteiger partial charge in [-0.3, -0.25) is 4.55 Å². The fourth-order valence-electron chi connectivity index (χ4n) is 3.13. The lowest BCUT2D eigenvalue weighted by molar-refractivity contribution is 0.456. The summed E-state index contributed by atoms with van der Waals surface area (Å²) in [5.41, 5.74) is 5.38. The Morgan fingerprint density at radius 1 is 0.708 bits per heavy atom. The first-order valence-electron chi connectivity index (χ1n) is 10.2. The highest BCUT2D eigenvalue weighted by atomic mass is 32.2. The molecule has 0 aliphatic heterocycles. The summed E-state index contributed by atoms with van der Waals surface area (Å²) < 4.78 is 31.0. The summed E-state index contributed by atoms with van der Waals surface area (Å²) in [4.78, 5) is 0. The predicted molar refractivity (Wildman–Crippen MR) is 104 cm³/mol. The van der Waals surface area contributed by atoms with Crippen LogP contribution in [0.2, 0.25) is 0 Å². The van der Waals surface area contributed by atoms with Gasteiger partial charge in [-0.05, 0) is 6.42 Å². The normalized spacial score (nSPS) is 13.3. The first kappa shape index (κ1) is 23.9. The molecule has 24 heavy (non-hydrogen) atoms. The molecule has 0 fully saturated rings. The molecule has 4 nitrogen and oxygen atoms in total. The van der Waals surface area contributed by atoms with Crippen molar-refractivity contribution in [1.29, 1.82) is 0 Å². The van der Waals surface area contributed by atoms with E-state index in [0.717, 1.165) is 19.3 Å². The van der Waals surface area contributed by atoms with E-state index in [1.807, 2.05) is 0 Å². The summed E-state index contributed by atoms with van der Waals surface area (Å²) in [6.45, 7) is 2.27. The molecule has 0 aromatic heterocycles. The molecule has 0 rings (SSSR count). The van der Waals surface area contributed by atoms with E-state index in [0.29, 0.717) is 6.42 Å². The monoisotopic (exact) mass is 363 g/mol. The van der Waals surface area contributed by atoms with Gasteiger partial charge in [0.1, 0.15) is 0 Å². The molecule has 0 aromatic rings. The Bertz CT molecular complexity index is 358. The largest absolute Gasteiger partial charge is 0.329 e. The third-order valence-corrected chi connectivity index (χ3v) is 6.08. The van der Waals surface area contributed by atoms with E-state index in [1.54, 1.807) is 0 Å². The first-order chi connectivity index (χ1) is 11.5. The van der Waals surface area contributed by atoms with Crippen LogP contribution in [0.3, 0.4) is 0 Å². The fourth-order valence-corrected chi connectivity index (χ4v) is 3.84. The van der Waals surface area contributed by atoms with Crippen molar-refractivity contribution in [2.24, 2.45) is 5.73 Å². The van der Waals surface area contributed by atoms with E-state index in [-0.39, 0.29) is 6.54 Å². The van der Waals surface area contributed by atoms with Gasteiger partial charge in [-0.2, -0.15) is 8.42 Å². The molecule has 0 heterocycles. The van der Waals surface area contributed by atoms with Gasteiger partial charge in [0.25, 0.3) is 10.1 Å². The molecule has 5 heteroatoms. The lowest BCUT2D eigenvalue weighted by atomic mass is 10.0. The molecule has 146 valence electrons. The lowest BCUT2D eigenvalue weighted by Crippen LogP contribution is -2.29. The van der Waals surface area contributed by atoms with Gasteiger partial charge in [-0.1, -0.05) is 103 Å². The zero-order valence-electron chi connectivity index (χ0n) is 15.8. The van der Waals surface area contributed by atoms with Crippen LogP contribution in [-0.2, 0) is 10.1 Å². The Morgan fingerprint density at radius 3 is 1.33 bits per heavy atom. The number of hydrogen-bond donors (Lipinski definition) is 2. The summed E-state index contributed by atoms with van der Waals surface area (Å²) in [6.07, 6.45) is 19.8. The Kier molecular flexibility index (Phi) is 16.3. The average molecular weight is 364 g/mol. The second kappa shape index (κ2) is 16.3. The first-order valence-corrected chi connectivity index (χ1v) is 11.7. The van der Waals surface area contributed by atoms with E-state index in [1.165, 1.54) is 77.0 Å². The Labute approximate surface area is 150 Å². The van der Waals surface area contributed by atoms with Gasteiger partial charge in [0.05, 0.1) is 5.25 Å². The van der Waals surface area contributed by atoms with Crippen LogP contribution < -0.4 is 5.73 Å². The highest BCUT2D eigenvalue weighted by molar-refractivity contribution is 7.86. The molecule has 0 saturated carbocycles. The molecule has 0 aliphatic rings. The van der Waals surface area contributed by atoms with Crippen molar-refractivity contribution < 1.29 is 13.0 Å². The number of rotatable bonds is 18. The van der Waals surface area contributed by atoms with E-state index < -0.39 is 15.4 Å². The van der Waals surface area contributed by atoms with Crippen LogP contribution in [0.1, 0.15) is 110 Å². The molecular formula is C19H41NO3S. The highest BCUT2D eigenvalue weighted by Gasteiger charge is 2.20. The molecule has 0 radical (unpaired) electrons. The molecule has 0 bridgehead atoms. The minimum Gasteiger partial charge on any atom is -0.329 e. The Hall–Kier alpha value is -0.130. The third kappa shape index (κ3) is 15.4. The predicted octanol–water partition coefficient (Wildman–Crippen LogP) is 5.46. The topological polar surface area (TPSA) is 80.4 Å². The number of hydrogen-bond acceptors (Lipinski definition) is 3. The van der Waals surface area contributed by atoms with E-state index in [4.69, 9.17) is 10.3 Å². The Balaban J connectivity index is 3.23. The van der Waals surface area contributed by atoms with Crippen LogP contribution in [0.4, 0.5) is 0 Å². The quantitative estimate of drug-likeness (QED) is 0.250. The molecule has 0 saturated heterocycles. The van der Waals surface area contributed by atoms with Crippen LogP contribution in [-0.4, -0.2) is 24.8 Å². The van der Waals surface area contributed by atoms with Crippen molar-refractivity contribution in [2.75, 3.05) is 6.54 Å². The maximum absolute atomic E-state index is 11.0. The zero-order chi connectivity index (χ0) is 18.1. The van der Waals surface area contributed by atoms with Gasteiger partial charge in [-0.25, -0.2) is 0 Å². The van der Waals surface area contributed by atoms with Crippen molar-refractivity contribution in [3.8, 4) is 0 Å². The summed E-state index contributed by atoms with van der Waals surface area (Å²) >= 11 is 0. The molecule has 3 N–H and O–H groups in total. The average Bonchev–Trinajstić information content (AvgIpc) is 2.53. The maximum Gasteiger partial charge on any atom is 0.269 e. The molecule has 0 spiro atoms. The van der Waals surface area contributed by atoms with Gasteiger partial charge in [0, 0.05) is 6.54 Å². The maximum atomic E-state index is 11.0. The number of unbranched alkanes of at least 4 members (excludes halogenated alkanes) is 14.